The number of hydrogen-bond acceptors (Lipinski definition) is 1. The Bertz CT molecular complexity index is 110. The molecule has 1 aliphatic carbocycles. The van der Waals surface area contributed by atoms with Gasteiger partial charge in [-0.15, -0.1) is 0 Å². The third-order valence-corrected chi connectivity index (χ3v) is 2.51. The van der Waals surface area contributed by atoms with Crippen LogP contribution in [0.25, 0.3) is 0 Å². The topological polar surface area (TPSA) is 20.2 Å². The van der Waals surface area contributed by atoms with E-state index in [0.717, 1.165) is 0 Å². The predicted octanol–water partition coefficient (Wildman–Crippen LogP) is 3.42. The molecule has 1 aliphatic rings. The van der Waals surface area contributed by atoms with Crippen LogP contribution in [0, 0.1) is 5.92 Å². The molecule has 11 heavy (non-hydrogen) atoms. The van der Waals surface area contributed by atoms with E-state index in [4.69, 9.17) is 5.11 Å². The van der Waals surface area contributed by atoms with Crippen molar-refractivity contribution >= 4 is 0 Å². The molecule has 1 heteroatoms. The van der Waals surface area contributed by atoms with E-state index in [9.17, 15) is 0 Å². The van der Waals surface area contributed by atoms with Crippen molar-refractivity contribution < 1.29 is 5.11 Å². The van der Waals surface area contributed by atoms with Gasteiger partial charge < -0.3 is 5.11 Å². The number of hydrogen-bond donors (Lipinski definition) is 1. The first-order valence-corrected chi connectivity index (χ1v) is 4.74. The molecular formula is C10H18O. The quantitative estimate of drug-likeness (QED) is 0.574. The van der Waals surface area contributed by atoms with Crippen molar-refractivity contribution in [3.63, 3.8) is 0 Å². The van der Waals surface area contributed by atoms with Crippen LogP contribution in [0.15, 0.2) is 12.3 Å². The summed E-state index contributed by atoms with van der Waals surface area (Å²) < 4.78 is 0. The highest BCUT2D eigenvalue weighted by Gasteiger charge is 2.07. The maximum Gasteiger partial charge on any atom is 0.0754 e. The summed E-state index contributed by atoms with van der Waals surface area (Å²) in [5.41, 5.74) is 0. The van der Waals surface area contributed by atoms with Crippen LogP contribution in [-0.2, 0) is 0 Å². The van der Waals surface area contributed by atoms with Gasteiger partial charge in [-0.1, -0.05) is 32.1 Å². The Morgan fingerprint density at radius 3 is 2.00 bits per heavy atom. The Balaban J connectivity index is 2.26. The Morgan fingerprint density at radius 1 is 0.909 bits per heavy atom. The minimum atomic E-state index is 0.653. The summed E-state index contributed by atoms with van der Waals surface area (Å²) in [5.74, 6) is 0.653. The number of rotatable bonds is 1. The summed E-state index contributed by atoms with van der Waals surface area (Å²) in [6.45, 7) is 0. The average Bonchev–Trinajstić information content (AvgIpc) is 1.94. The van der Waals surface area contributed by atoms with E-state index in [1.165, 1.54) is 51.2 Å². The highest BCUT2D eigenvalue weighted by molar-refractivity contribution is 4.82. The first kappa shape index (κ1) is 8.63. The van der Waals surface area contributed by atoms with Crippen LogP contribution in [0.4, 0.5) is 0 Å². The first-order valence-electron chi connectivity index (χ1n) is 4.74. The lowest BCUT2D eigenvalue weighted by Gasteiger charge is -2.15. The van der Waals surface area contributed by atoms with Gasteiger partial charge in [0.15, 0.2) is 0 Å². The van der Waals surface area contributed by atoms with Gasteiger partial charge in [-0.05, 0) is 24.8 Å². The zero-order chi connectivity index (χ0) is 7.94. The van der Waals surface area contributed by atoms with Gasteiger partial charge in [-0.3, -0.25) is 0 Å². The molecule has 1 rings (SSSR count). The Labute approximate surface area is 69.1 Å². The van der Waals surface area contributed by atoms with Crippen LogP contribution in [0.1, 0.15) is 44.9 Å². The van der Waals surface area contributed by atoms with Gasteiger partial charge in [0.25, 0.3) is 0 Å². The lowest BCUT2D eigenvalue weighted by molar-refractivity contribution is 0.416. The predicted molar refractivity (Wildman–Crippen MR) is 47.6 cm³/mol. The maximum absolute atomic E-state index is 8.60. The minimum Gasteiger partial charge on any atom is -0.516 e. The molecule has 0 aliphatic heterocycles. The summed E-state index contributed by atoms with van der Waals surface area (Å²) in [6.07, 6.45) is 12.6. The van der Waals surface area contributed by atoms with Gasteiger partial charge >= 0.3 is 0 Å². The maximum atomic E-state index is 8.60. The SMILES string of the molecule is OC=CC1CCCCCCC1. The number of aliphatic hydroxyl groups is 1. The van der Waals surface area contributed by atoms with Gasteiger partial charge in [-0.25, -0.2) is 0 Å². The van der Waals surface area contributed by atoms with Crippen molar-refractivity contribution in [2.45, 2.75) is 44.9 Å². The van der Waals surface area contributed by atoms with Crippen LogP contribution in [0.3, 0.4) is 0 Å². The van der Waals surface area contributed by atoms with Crippen molar-refractivity contribution in [1.82, 2.24) is 0 Å². The highest BCUT2D eigenvalue weighted by atomic mass is 16.2. The Hall–Kier alpha value is -0.460. The molecule has 0 unspecified atom stereocenters. The third kappa shape index (κ3) is 3.45. The van der Waals surface area contributed by atoms with Crippen LogP contribution in [0.2, 0.25) is 0 Å². The van der Waals surface area contributed by atoms with Gasteiger partial charge in [0.2, 0.25) is 0 Å². The van der Waals surface area contributed by atoms with Crippen molar-refractivity contribution in [3.05, 3.63) is 12.3 Å². The summed E-state index contributed by atoms with van der Waals surface area (Å²) in [7, 11) is 0. The zero-order valence-electron chi connectivity index (χ0n) is 7.13. The van der Waals surface area contributed by atoms with Crippen molar-refractivity contribution in [3.8, 4) is 0 Å². The molecule has 0 aromatic carbocycles. The largest absolute Gasteiger partial charge is 0.516 e. The summed E-state index contributed by atoms with van der Waals surface area (Å²) in [4.78, 5) is 0. The molecule has 0 spiro atoms. The fourth-order valence-corrected chi connectivity index (χ4v) is 1.80. The Kier molecular flexibility index (Phi) is 4.10. The molecule has 1 fully saturated rings. The molecular weight excluding hydrogens is 136 g/mol. The van der Waals surface area contributed by atoms with E-state index in [0.29, 0.717) is 5.92 Å². The fraction of sp³-hybridized carbons (Fsp3) is 0.800. The second kappa shape index (κ2) is 5.22. The normalized spacial score (nSPS) is 23.3. The monoisotopic (exact) mass is 154 g/mol. The molecule has 0 atom stereocenters. The number of allylic oxidation sites excluding steroid dienone is 1. The average molecular weight is 154 g/mol. The van der Waals surface area contributed by atoms with Crippen LogP contribution >= 0.6 is 0 Å². The van der Waals surface area contributed by atoms with Crippen molar-refractivity contribution in [2.24, 2.45) is 5.92 Å². The van der Waals surface area contributed by atoms with Gasteiger partial charge in [-0.2, -0.15) is 0 Å². The highest BCUT2D eigenvalue weighted by Crippen LogP contribution is 2.22. The summed E-state index contributed by atoms with van der Waals surface area (Å²) >= 11 is 0. The molecule has 0 saturated heterocycles. The van der Waals surface area contributed by atoms with Gasteiger partial charge in [0, 0.05) is 0 Å². The molecule has 0 aromatic rings. The third-order valence-electron chi connectivity index (χ3n) is 2.51. The second-order valence-electron chi connectivity index (χ2n) is 3.45. The van der Waals surface area contributed by atoms with E-state index in [2.05, 4.69) is 0 Å². The van der Waals surface area contributed by atoms with Crippen molar-refractivity contribution in [2.75, 3.05) is 0 Å². The molecule has 1 nitrogen and oxygen atoms in total. The van der Waals surface area contributed by atoms with Gasteiger partial charge in [0.1, 0.15) is 0 Å². The smallest absolute Gasteiger partial charge is 0.0754 e. The minimum absolute atomic E-state index is 0.653. The molecule has 64 valence electrons. The summed E-state index contributed by atoms with van der Waals surface area (Å²) in [5, 5.41) is 8.60. The first-order chi connectivity index (χ1) is 5.43. The van der Waals surface area contributed by atoms with Crippen LogP contribution in [-0.4, -0.2) is 5.11 Å². The Morgan fingerprint density at radius 2 is 1.45 bits per heavy atom. The number of aliphatic hydroxyl groups excluding tert-OH is 1. The standard InChI is InChI=1S/C10H18O/c11-9-8-10-6-4-2-1-3-5-7-10/h8-11H,1-7H2. The van der Waals surface area contributed by atoms with Crippen molar-refractivity contribution in [1.29, 1.82) is 0 Å². The molecule has 1 N–H and O–H groups in total. The molecule has 0 heterocycles. The van der Waals surface area contributed by atoms with E-state index in [1.807, 2.05) is 6.08 Å². The zero-order valence-corrected chi connectivity index (χ0v) is 7.13. The van der Waals surface area contributed by atoms with E-state index in [1.54, 1.807) is 0 Å². The summed E-state index contributed by atoms with van der Waals surface area (Å²) in [6, 6.07) is 0. The van der Waals surface area contributed by atoms with E-state index >= 15 is 0 Å². The van der Waals surface area contributed by atoms with Gasteiger partial charge in [0.05, 0.1) is 6.26 Å². The molecule has 0 amide bonds. The van der Waals surface area contributed by atoms with Crippen LogP contribution < -0.4 is 0 Å². The molecule has 0 radical (unpaired) electrons. The fourth-order valence-electron chi connectivity index (χ4n) is 1.80. The van der Waals surface area contributed by atoms with E-state index < -0.39 is 0 Å². The molecule has 1 saturated carbocycles. The van der Waals surface area contributed by atoms with E-state index in [-0.39, 0.29) is 0 Å². The lowest BCUT2D eigenvalue weighted by Crippen LogP contribution is -2.00. The second-order valence-corrected chi connectivity index (χ2v) is 3.45. The molecule has 0 bridgehead atoms. The lowest BCUT2D eigenvalue weighted by atomic mass is 9.91. The van der Waals surface area contributed by atoms with Crippen LogP contribution in [0.5, 0.6) is 0 Å². The molecule has 0 aromatic heterocycles.